The molecular weight excluding hydrogens is 352 g/mol. The minimum absolute atomic E-state index is 0.0813. The molecule has 1 atom stereocenters. The lowest BCUT2D eigenvalue weighted by Gasteiger charge is -2.24. The molecule has 0 radical (unpaired) electrons. The number of nitrogens with zero attached hydrogens (tertiary/aromatic N) is 4. The van der Waals surface area contributed by atoms with Gasteiger partial charge in [-0.2, -0.15) is 0 Å². The lowest BCUT2D eigenvalue weighted by molar-refractivity contribution is 0.0760. The van der Waals surface area contributed by atoms with Gasteiger partial charge in [-0.15, -0.1) is 5.10 Å². The van der Waals surface area contributed by atoms with Gasteiger partial charge in [-0.3, -0.25) is 4.79 Å². The summed E-state index contributed by atoms with van der Waals surface area (Å²) in [5.74, 6) is -0.496. The van der Waals surface area contributed by atoms with E-state index in [0.717, 1.165) is 19.4 Å². The van der Waals surface area contributed by atoms with E-state index in [1.807, 2.05) is 18.2 Å². The number of halogens is 2. The first-order valence-corrected chi connectivity index (χ1v) is 9.27. The molecule has 1 aliphatic heterocycles. The number of benzene rings is 1. The van der Waals surface area contributed by atoms with Gasteiger partial charge in [0.15, 0.2) is 5.69 Å². The topological polar surface area (TPSA) is 63.1 Å². The van der Waals surface area contributed by atoms with Gasteiger partial charge in [0.05, 0.1) is 6.04 Å². The fraction of sp³-hybridized carbons (Fsp3) is 0.526. The fourth-order valence-electron chi connectivity index (χ4n) is 3.96. The summed E-state index contributed by atoms with van der Waals surface area (Å²) in [5, 5.41) is 10.9. The zero-order valence-electron chi connectivity index (χ0n) is 15.2. The molecule has 1 aliphatic carbocycles. The Hall–Kier alpha value is -2.35. The van der Waals surface area contributed by atoms with E-state index in [0.29, 0.717) is 19.5 Å². The van der Waals surface area contributed by atoms with Crippen LogP contribution in [0, 0.1) is 0 Å². The number of alkyl halides is 2. The number of likely N-dealkylation sites (N-methyl/N-ethyl adjacent to an activating group) is 1. The predicted octanol–water partition coefficient (Wildman–Crippen LogP) is 2.55. The minimum atomic E-state index is -2.79. The first-order valence-electron chi connectivity index (χ1n) is 9.27. The van der Waals surface area contributed by atoms with Crippen molar-refractivity contribution in [1.82, 2.24) is 25.2 Å². The summed E-state index contributed by atoms with van der Waals surface area (Å²) in [6.07, 6.45) is -0.131. The van der Waals surface area contributed by atoms with E-state index in [1.54, 1.807) is 7.05 Å². The summed E-state index contributed by atoms with van der Waals surface area (Å²) < 4.78 is 28.7. The van der Waals surface area contributed by atoms with Crippen LogP contribution in [0.4, 0.5) is 8.78 Å². The van der Waals surface area contributed by atoms with Crippen LogP contribution in [0.5, 0.6) is 0 Å². The molecule has 1 N–H and O–H groups in total. The van der Waals surface area contributed by atoms with Crippen molar-refractivity contribution in [3.63, 3.8) is 0 Å². The summed E-state index contributed by atoms with van der Waals surface area (Å²) in [4.78, 5) is 14.4. The first kappa shape index (κ1) is 18.0. The number of carbonyl (C=O) groups is 1. The average molecular weight is 375 g/mol. The number of carbonyl (C=O) groups excluding carboxylic acids is 1. The monoisotopic (exact) mass is 375 g/mol. The lowest BCUT2D eigenvalue weighted by atomic mass is 9.95. The van der Waals surface area contributed by atoms with Crippen molar-refractivity contribution in [3.05, 3.63) is 47.3 Å². The second kappa shape index (κ2) is 6.99. The Bertz CT molecular complexity index is 813. The van der Waals surface area contributed by atoms with Crippen molar-refractivity contribution >= 4 is 5.91 Å². The van der Waals surface area contributed by atoms with Crippen molar-refractivity contribution in [2.24, 2.45) is 0 Å². The molecule has 1 saturated carbocycles. The number of amides is 1. The second-order valence-electron chi connectivity index (χ2n) is 7.52. The number of aromatic nitrogens is 3. The van der Waals surface area contributed by atoms with Gasteiger partial charge in [0.2, 0.25) is 0 Å². The maximum absolute atomic E-state index is 13.7. The fourth-order valence-corrected chi connectivity index (χ4v) is 3.96. The molecule has 2 aromatic rings. The van der Waals surface area contributed by atoms with Crippen molar-refractivity contribution in [3.8, 4) is 0 Å². The molecule has 6 nitrogen and oxygen atoms in total. The number of hydrogen-bond donors (Lipinski definition) is 1. The van der Waals surface area contributed by atoms with Crippen molar-refractivity contribution < 1.29 is 13.6 Å². The molecule has 2 heterocycles. The van der Waals surface area contributed by atoms with Crippen LogP contribution in [0.15, 0.2) is 30.3 Å². The molecule has 2 aliphatic rings. The Balaban J connectivity index is 1.56. The molecule has 1 aromatic carbocycles. The highest BCUT2D eigenvalue weighted by atomic mass is 19.3. The maximum Gasteiger partial charge on any atom is 0.282 e. The van der Waals surface area contributed by atoms with Gasteiger partial charge in [-0.25, -0.2) is 13.5 Å². The highest BCUT2D eigenvalue weighted by molar-refractivity contribution is 5.93. The van der Waals surface area contributed by atoms with Crippen LogP contribution >= 0.6 is 0 Å². The van der Waals surface area contributed by atoms with Crippen LogP contribution in [-0.4, -0.2) is 52.5 Å². The van der Waals surface area contributed by atoms with E-state index in [1.165, 1.54) is 15.1 Å². The number of hydrogen-bond acceptors (Lipinski definition) is 4. The molecule has 0 spiro atoms. The summed E-state index contributed by atoms with van der Waals surface area (Å²) in [7, 11) is 1.65. The Morgan fingerprint density at radius 2 is 2.11 bits per heavy atom. The van der Waals surface area contributed by atoms with Crippen LogP contribution in [-0.2, 0) is 5.41 Å². The van der Waals surface area contributed by atoms with Gasteiger partial charge < -0.3 is 10.2 Å². The zero-order valence-corrected chi connectivity index (χ0v) is 15.2. The van der Waals surface area contributed by atoms with Gasteiger partial charge in [0.1, 0.15) is 5.69 Å². The molecule has 8 heteroatoms. The van der Waals surface area contributed by atoms with Crippen LogP contribution in [0.1, 0.15) is 53.5 Å². The first-order chi connectivity index (χ1) is 13.0. The summed E-state index contributed by atoms with van der Waals surface area (Å²) in [6, 6.07) is 9.84. The lowest BCUT2D eigenvalue weighted by Crippen LogP contribution is -2.35. The molecule has 144 valence electrons. The Kier molecular flexibility index (Phi) is 4.67. The van der Waals surface area contributed by atoms with Crippen LogP contribution in [0.25, 0.3) is 0 Å². The van der Waals surface area contributed by atoms with E-state index in [-0.39, 0.29) is 22.8 Å². The molecule has 27 heavy (non-hydrogen) atoms. The molecule has 1 unspecified atom stereocenters. The standard InChI is InChI=1S/C19H23F2N5O/c1-25(12-19(8-9-19)13-5-3-2-4-6-13)18(27)15-16(17(20)21)26(24-23-15)14-7-10-22-11-14/h2-6,14,17,22H,7-12H2,1H3. The van der Waals surface area contributed by atoms with Crippen molar-refractivity contribution in [2.75, 3.05) is 26.7 Å². The number of nitrogens with one attached hydrogen (secondary N) is 1. The molecule has 2 fully saturated rings. The molecule has 1 aromatic heterocycles. The van der Waals surface area contributed by atoms with E-state index < -0.39 is 12.3 Å². The highest BCUT2D eigenvalue weighted by Gasteiger charge is 2.46. The van der Waals surface area contributed by atoms with Crippen LogP contribution in [0.3, 0.4) is 0 Å². The largest absolute Gasteiger partial charge is 0.339 e. The van der Waals surface area contributed by atoms with Gasteiger partial charge in [0.25, 0.3) is 12.3 Å². The summed E-state index contributed by atoms with van der Waals surface area (Å²) in [5.41, 5.74) is 0.495. The average Bonchev–Trinajstić information content (AvgIpc) is 3.10. The third kappa shape index (κ3) is 3.34. The molecule has 1 amide bonds. The summed E-state index contributed by atoms with van der Waals surface area (Å²) in [6.45, 7) is 1.79. The molecule has 1 saturated heterocycles. The Labute approximate surface area is 156 Å². The van der Waals surface area contributed by atoms with Gasteiger partial charge in [-0.1, -0.05) is 35.5 Å². The van der Waals surface area contributed by atoms with E-state index >= 15 is 0 Å². The Morgan fingerprint density at radius 3 is 2.70 bits per heavy atom. The maximum atomic E-state index is 13.7. The molecular formula is C19H23F2N5O. The van der Waals surface area contributed by atoms with Crippen LogP contribution in [0.2, 0.25) is 0 Å². The normalized spacial score (nSPS) is 20.8. The predicted molar refractivity (Wildman–Crippen MR) is 95.8 cm³/mol. The van der Waals surface area contributed by atoms with Crippen LogP contribution < -0.4 is 5.32 Å². The minimum Gasteiger partial charge on any atom is -0.339 e. The van der Waals surface area contributed by atoms with Gasteiger partial charge in [-0.05, 0) is 31.4 Å². The quantitative estimate of drug-likeness (QED) is 0.843. The van der Waals surface area contributed by atoms with Gasteiger partial charge in [0, 0.05) is 25.6 Å². The third-order valence-electron chi connectivity index (χ3n) is 5.65. The third-order valence-corrected chi connectivity index (χ3v) is 5.65. The molecule has 4 rings (SSSR count). The van der Waals surface area contributed by atoms with E-state index in [2.05, 4.69) is 27.8 Å². The number of rotatable bonds is 6. The van der Waals surface area contributed by atoms with E-state index in [9.17, 15) is 13.6 Å². The van der Waals surface area contributed by atoms with Crippen molar-refractivity contribution in [2.45, 2.75) is 37.1 Å². The smallest absolute Gasteiger partial charge is 0.282 e. The SMILES string of the molecule is CN(CC1(c2ccccc2)CC1)C(=O)c1nnn(C2CCNC2)c1C(F)F. The highest BCUT2D eigenvalue weighted by Crippen LogP contribution is 2.48. The second-order valence-corrected chi connectivity index (χ2v) is 7.52. The van der Waals surface area contributed by atoms with Gasteiger partial charge >= 0.3 is 0 Å². The van der Waals surface area contributed by atoms with Crippen molar-refractivity contribution in [1.29, 1.82) is 0 Å². The Morgan fingerprint density at radius 1 is 1.37 bits per heavy atom. The molecule has 0 bridgehead atoms. The summed E-state index contributed by atoms with van der Waals surface area (Å²) >= 11 is 0. The van der Waals surface area contributed by atoms with E-state index in [4.69, 9.17) is 0 Å². The zero-order chi connectivity index (χ0) is 19.0.